The maximum atomic E-state index is 13.5. The molecule has 4 aliphatic heterocycles. The van der Waals surface area contributed by atoms with Crippen LogP contribution in [0.5, 0.6) is 57.5 Å². The van der Waals surface area contributed by atoms with Crippen molar-refractivity contribution < 1.29 is 85.5 Å². The van der Waals surface area contributed by atoms with E-state index in [1.165, 1.54) is 0 Å². The number of hydrogen-bond donors (Lipinski definition) is 0. The summed E-state index contributed by atoms with van der Waals surface area (Å²) in [4.78, 5) is 53.7. The molecule has 0 spiro atoms. The van der Waals surface area contributed by atoms with Gasteiger partial charge in [-0.2, -0.15) is 0 Å². The molecule has 0 amide bonds. The topological polar surface area (TPSA) is 197 Å². The largest absolute Gasteiger partial charge is 0.493 e. The van der Waals surface area contributed by atoms with Crippen molar-refractivity contribution in [3.05, 3.63) is 106 Å². The van der Waals surface area contributed by atoms with Crippen molar-refractivity contribution >= 4 is 23.9 Å². The highest BCUT2D eigenvalue weighted by Gasteiger charge is 2.57. The Morgan fingerprint density at radius 1 is 0.436 bits per heavy atom. The third kappa shape index (κ3) is 8.01. The van der Waals surface area contributed by atoms with Crippen LogP contribution in [0.15, 0.2) is 72.8 Å². The molecular weight excluding hydrogens is 1010 g/mol. The van der Waals surface area contributed by atoms with Gasteiger partial charge in [-0.25, -0.2) is 0 Å². The number of cyclic esters (lactones) is 2. The van der Waals surface area contributed by atoms with Crippen molar-refractivity contribution in [1.82, 2.24) is 0 Å². The second-order valence-electron chi connectivity index (χ2n) is 21.7. The van der Waals surface area contributed by atoms with E-state index in [9.17, 15) is 19.2 Å². The highest BCUT2D eigenvalue weighted by molar-refractivity contribution is 5.81. The van der Waals surface area contributed by atoms with Gasteiger partial charge in [0.1, 0.15) is 12.2 Å². The van der Waals surface area contributed by atoms with Crippen LogP contribution in [-0.4, -0.2) is 93.3 Å². The predicted octanol–water partition coefficient (Wildman–Crippen LogP) is 8.34. The smallest absolute Gasteiger partial charge is 0.310 e. The van der Waals surface area contributed by atoms with Crippen LogP contribution in [0.1, 0.15) is 83.1 Å². The molecule has 0 N–H and O–H groups in total. The Labute approximate surface area is 450 Å². The predicted molar refractivity (Wildman–Crippen MR) is 272 cm³/mol. The molecule has 408 valence electrons. The maximum absolute atomic E-state index is 13.5. The van der Waals surface area contributed by atoms with Crippen molar-refractivity contribution in [3.63, 3.8) is 0 Å². The van der Waals surface area contributed by atoms with Crippen LogP contribution >= 0.6 is 0 Å². The monoisotopic (exact) mass is 1070 g/mol. The molecule has 18 heteroatoms. The van der Waals surface area contributed by atoms with Crippen LogP contribution in [0, 0.1) is 59.2 Å². The zero-order valence-corrected chi connectivity index (χ0v) is 44.0. The summed E-state index contributed by atoms with van der Waals surface area (Å²) in [5.74, 6) is 2.31. The Morgan fingerprint density at radius 3 is 1.10 bits per heavy atom. The summed E-state index contributed by atoms with van der Waals surface area (Å²) >= 11 is 0. The fraction of sp³-hybridized carbons (Fsp3) is 0.467. The molecule has 78 heavy (non-hydrogen) atoms. The van der Waals surface area contributed by atoms with Gasteiger partial charge in [-0.15, -0.1) is 0 Å². The average molecular weight is 1070 g/mol. The minimum absolute atomic E-state index is 0.101. The number of benzene rings is 4. The quantitative estimate of drug-likeness (QED) is 0.0745. The average Bonchev–Trinajstić information content (AvgIpc) is 4.50. The van der Waals surface area contributed by atoms with Gasteiger partial charge in [0.25, 0.3) is 0 Å². The number of allylic oxidation sites excluding steroid dienone is 4. The fourth-order valence-electron chi connectivity index (χ4n) is 14.4. The molecule has 18 nitrogen and oxygen atoms in total. The lowest BCUT2D eigenvalue weighted by molar-refractivity contribution is -0.161. The van der Waals surface area contributed by atoms with Crippen LogP contribution in [0.4, 0.5) is 0 Å². The molecule has 4 fully saturated rings. The number of carbonyl (C=O) groups excluding carboxylic acids is 4. The number of methoxy groups -OCH3 is 6. The Balaban J connectivity index is 0.000000148. The molecule has 2 saturated heterocycles. The SMILES string of the molecule is COc1cc([C@@H]2c3cc4c(cc3[C@@H](OC(=O)C3CC5C=CC3C5)[C@H]3COC(=O)[C@H]23)OCO4)cc(OC)c1OC.COc1cc([C@@H]2c3cc4c(cc3[C@@H](OC(=O)C3CC5C=CC3C5)[C@H]3COC(=O)[C@H]23)OCO4)cc(OC)c1OC. The first-order valence-corrected chi connectivity index (χ1v) is 26.6. The lowest BCUT2D eigenvalue weighted by Gasteiger charge is -2.39. The number of carbonyl (C=O) groups is 4. The molecule has 6 aliphatic carbocycles. The van der Waals surface area contributed by atoms with Gasteiger partial charge in [0.15, 0.2) is 46.0 Å². The van der Waals surface area contributed by atoms with Crippen LogP contribution in [0.3, 0.4) is 0 Å². The van der Waals surface area contributed by atoms with E-state index < -0.39 is 35.9 Å². The van der Waals surface area contributed by atoms with Crippen molar-refractivity contribution in [1.29, 1.82) is 0 Å². The number of rotatable bonds is 12. The van der Waals surface area contributed by atoms with Gasteiger partial charge in [-0.05, 0) is 120 Å². The van der Waals surface area contributed by atoms with Crippen molar-refractivity contribution in [2.75, 3.05) is 69.5 Å². The van der Waals surface area contributed by atoms with Gasteiger partial charge < -0.3 is 66.3 Å². The van der Waals surface area contributed by atoms with E-state index in [2.05, 4.69) is 24.3 Å². The van der Waals surface area contributed by atoms with Gasteiger partial charge in [0.2, 0.25) is 25.1 Å². The molecule has 4 aromatic rings. The second-order valence-corrected chi connectivity index (χ2v) is 21.7. The van der Waals surface area contributed by atoms with E-state index in [0.717, 1.165) is 59.1 Å². The summed E-state index contributed by atoms with van der Waals surface area (Å²) in [6, 6.07) is 15.0. The summed E-state index contributed by atoms with van der Waals surface area (Å²) < 4.78 is 80.3. The van der Waals surface area contributed by atoms with Crippen LogP contribution in [0.2, 0.25) is 0 Å². The molecule has 6 unspecified atom stereocenters. The molecular formula is C60H60O18. The van der Waals surface area contributed by atoms with E-state index in [0.29, 0.717) is 69.3 Å². The Hall–Kier alpha value is -7.76. The van der Waals surface area contributed by atoms with Crippen molar-refractivity contribution in [3.8, 4) is 57.5 Å². The first-order chi connectivity index (χ1) is 38.0. The standard InChI is InChI=1S/2C30H30O9/c2*1-33-23-8-16(9-24(34-2)28(23)35-3)25-18-10-21-22(38-13-37-21)11-19(18)27(20-12-36-30(32)26(20)25)39-29(31)17-7-14-4-5-15(17)6-14/h2*4-5,8-11,14-15,17,20,25-27H,6-7,12-13H2,1-3H3/t2*14?,15?,17?,20-,25+,26-,27+/m00/s1. The van der Waals surface area contributed by atoms with Gasteiger partial charge in [0, 0.05) is 34.8 Å². The lowest BCUT2D eigenvalue weighted by atomic mass is 9.66. The van der Waals surface area contributed by atoms with E-state index in [4.69, 9.17) is 66.3 Å². The minimum atomic E-state index is -0.653. The Kier molecular flexibility index (Phi) is 12.5. The highest BCUT2D eigenvalue weighted by atomic mass is 16.7. The minimum Gasteiger partial charge on any atom is -0.493 e. The van der Waals surface area contributed by atoms with Crippen molar-refractivity contribution in [2.45, 2.75) is 49.7 Å². The molecule has 14 atom stereocenters. The van der Waals surface area contributed by atoms with Crippen LogP contribution < -0.4 is 47.4 Å². The Bertz CT molecular complexity index is 2920. The van der Waals surface area contributed by atoms with Gasteiger partial charge in [-0.3, -0.25) is 19.2 Å². The molecule has 4 aromatic carbocycles. The van der Waals surface area contributed by atoms with Crippen molar-refractivity contribution in [2.24, 2.45) is 59.2 Å². The zero-order chi connectivity index (χ0) is 53.7. The summed E-state index contributed by atoms with van der Waals surface area (Å²) in [6.45, 7) is 0.521. The number of ether oxygens (including phenoxy) is 14. The Morgan fingerprint density at radius 2 is 0.795 bits per heavy atom. The zero-order valence-electron chi connectivity index (χ0n) is 44.0. The highest BCUT2D eigenvalue weighted by Crippen LogP contribution is 2.60. The van der Waals surface area contributed by atoms with E-state index >= 15 is 0 Å². The van der Waals surface area contributed by atoms with Crippen LogP contribution in [0.25, 0.3) is 0 Å². The van der Waals surface area contributed by atoms with E-state index in [1.54, 1.807) is 42.7 Å². The number of hydrogen-bond acceptors (Lipinski definition) is 18. The molecule has 4 bridgehead atoms. The fourth-order valence-corrected chi connectivity index (χ4v) is 14.4. The van der Waals surface area contributed by atoms with Gasteiger partial charge in [-0.1, -0.05) is 24.3 Å². The second kappa shape index (κ2) is 19.6. The first-order valence-electron chi connectivity index (χ1n) is 26.6. The van der Waals surface area contributed by atoms with E-state index in [1.807, 2.05) is 48.5 Å². The summed E-state index contributed by atoms with van der Waals surface area (Å²) in [7, 11) is 9.32. The molecule has 0 aromatic heterocycles. The van der Waals surface area contributed by atoms with E-state index in [-0.39, 0.29) is 86.2 Å². The van der Waals surface area contributed by atoms with Gasteiger partial charge in [0.05, 0.1) is 79.5 Å². The summed E-state index contributed by atoms with van der Waals surface area (Å²) in [5, 5.41) is 0. The molecule has 4 heterocycles. The molecule has 2 saturated carbocycles. The summed E-state index contributed by atoms with van der Waals surface area (Å²) in [5.41, 5.74) is 4.82. The molecule has 0 radical (unpaired) electrons. The number of fused-ring (bicyclic) bond motifs is 10. The third-order valence-electron chi connectivity index (χ3n) is 18.0. The molecule has 10 aliphatic rings. The normalized spacial score (nSPS) is 30.9. The summed E-state index contributed by atoms with van der Waals surface area (Å²) in [6.07, 6.45) is 11.0. The maximum Gasteiger partial charge on any atom is 0.310 e. The lowest BCUT2D eigenvalue weighted by Crippen LogP contribution is -2.37. The van der Waals surface area contributed by atoms with Crippen LogP contribution in [-0.2, 0) is 38.1 Å². The third-order valence-corrected chi connectivity index (χ3v) is 18.0. The molecule has 14 rings (SSSR count). The first kappa shape index (κ1) is 49.8. The van der Waals surface area contributed by atoms with Gasteiger partial charge >= 0.3 is 23.9 Å². The number of esters is 4.